The normalized spacial score (nSPS) is 10.3. The summed E-state index contributed by atoms with van der Waals surface area (Å²) in [7, 11) is 3.73. The van der Waals surface area contributed by atoms with Crippen LogP contribution < -0.4 is 10.2 Å². The topological polar surface area (TPSA) is 52.7 Å². The van der Waals surface area contributed by atoms with Crippen molar-refractivity contribution < 1.29 is 14.0 Å². The second kappa shape index (κ2) is 8.47. The third kappa shape index (κ3) is 4.39. The van der Waals surface area contributed by atoms with E-state index in [1.807, 2.05) is 32.8 Å². The third-order valence-electron chi connectivity index (χ3n) is 4.12. The molecule has 0 aliphatic rings. The lowest BCUT2D eigenvalue weighted by Gasteiger charge is -2.23. The summed E-state index contributed by atoms with van der Waals surface area (Å²) < 4.78 is 13.0. The highest BCUT2D eigenvalue weighted by Crippen LogP contribution is 2.25. The van der Waals surface area contributed by atoms with Gasteiger partial charge in [-0.1, -0.05) is 0 Å². The SMILES string of the molecule is CCN(CC)C(=O)c1cc(NC(=O)c2ccc(F)cc2)ccc1N(C)C. The van der Waals surface area contributed by atoms with E-state index in [9.17, 15) is 14.0 Å². The van der Waals surface area contributed by atoms with Gasteiger partial charge in [-0.3, -0.25) is 9.59 Å². The average Bonchev–Trinajstić information content (AvgIpc) is 2.62. The molecule has 0 unspecified atom stereocenters. The lowest BCUT2D eigenvalue weighted by Crippen LogP contribution is -2.31. The molecule has 2 rings (SSSR count). The number of hydrogen-bond donors (Lipinski definition) is 1. The lowest BCUT2D eigenvalue weighted by molar-refractivity contribution is 0.0773. The van der Waals surface area contributed by atoms with Crippen molar-refractivity contribution in [3.05, 3.63) is 59.4 Å². The molecule has 0 atom stereocenters. The van der Waals surface area contributed by atoms with Gasteiger partial charge in [0.25, 0.3) is 11.8 Å². The van der Waals surface area contributed by atoms with Crippen LogP contribution in [0.25, 0.3) is 0 Å². The van der Waals surface area contributed by atoms with E-state index in [4.69, 9.17) is 0 Å². The summed E-state index contributed by atoms with van der Waals surface area (Å²) >= 11 is 0. The molecule has 0 radical (unpaired) electrons. The molecule has 0 heterocycles. The molecule has 0 bridgehead atoms. The molecule has 2 aromatic carbocycles. The highest BCUT2D eigenvalue weighted by molar-refractivity contribution is 6.06. The van der Waals surface area contributed by atoms with Gasteiger partial charge in [0.05, 0.1) is 5.56 Å². The van der Waals surface area contributed by atoms with Crippen LogP contribution >= 0.6 is 0 Å². The van der Waals surface area contributed by atoms with Gasteiger partial charge in [-0.15, -0.1) is 0 Å². The number of benzene rings is 2. The number of carbonyl (C=O) groups is 2. The first-order chi connectivity index (χ1) is 12.4. The summed E-state index contributed by atoms with van der Waals surface area (Å²) in [5.74, 6) is -0.843. The Kier molecular flexibility index (Phi) is 6.33. The first kappa shape index (κ1) is 19.4. The number of halogens is 1. The second-order valence-corrected chi connectivity index (χ2v) is 6.06. The Morgan fingerprint density at radius 3 is 2.15 bits per heavy atom. The zero-order valence-corrected chi connectivity index (χ0v) is 15.5. The van der Waals surface area contributed by atoms with Crippen LogP contribution in [0.3, 0.4) is 0 Å². The Balaban J connectivity index is 2.32. The van der Waals surface area contributed by atoms with E-state index in [1.54, 1.807) is 23.1 Å². The van der Waals surface area contributed by atoms with Crippen molar-refractivity contribution in [3.63, 3.8) is 0 Å². The Hall–Kier alpha value is -2.89. The average molecular weight is 357 g/mol. The predicted octanol–water partition coefficient (Wildman–Crippen LogP) is 3.63. The van der Waals surface area contributed by atoms with E-state index in [0.29, 0.717) is 29.9 Å². The van der Waals surface area contributed by atoms with Crippen molar-refractivity contribution in [1.29, 1.82) is 0 Å². The molecule has 1 N–H and O–H groups in total. The van der Waals surface area contributed by atoms with Crippen LogP contribution in [0, 0.1) is 5.82 Å². The van der Waals surface area contributed by atoms with Gasteiger partial charge in [-0.05, 0) is 56.3 Å². The van der Waals surface area contributed by atoms with Crippen LogP contribution in [0.4, 0.5) is 15.8 Å². The van der Waals surface area contributed by atoms with Crippen molar-refractivity contribution in [2.45, 2.75) is 13.8 Å². The van der Waals surface area contributed by atoms with Gasteiger partial charge in [-0.25, -0.2) is 4.39 Å². The van der Waals surface area contributed by atoms with Gasteiger partial charge in [0.15, 0.2) is 0 Å². The summed E-state index contributed by atoms with van der Waals surface area (Å²) in [5, 5.41) is 2.76. The number of nitrogens with zero attached hydrogens (tertiary/aromatic N) is 2. The van der Waals surface area contributed by atoms with Gasteiger partial charge < -0.3 is 15.1 Å². The molecular formula is C20H24FN3O2. The monoisotopic (exact) mass is 357 g/mol. The standard InChI is InChI=1S/C20H24FN3O2/c1-5-24(6-2)20(26)17-13-16(11-12-18(17)23(3)4)22-19(25)14-7-9-15(21)10-8-14/h7-13H,5-6H2,1-4H3,(H,22,25). The quantitative estimate of drug-likeness (QED) is 0.859. The van der Waals surface area contributed by atoms with Crippen molar-refractivity contribution in [2.75, 3.05) is 37.4 Å². The first-order valence-corrected chi connectivity index (χ1v) is 8.54. The predicted molar refractivity (Wildman–Crippen MR) is 102 cm³/mol. The Labute approximate surface area is 153 Å². The molecule has 138 valence electrons. The Morgan fingerprint density at radius 1 is 1.00 bits per heavy atom. The van der Waals surface area contributed by atoms with Crippen molar-refractivity contribution in [3.8, 4) is 0 Å². The molecule has 0 aliphatic carbocycles. The minimum absolute atomic E-state index is 0.0865. The maximum absolute atomic E-state index is 13.0. The highest BCUT2D eigenvalue weighted by Gasteiger charge is 2.19. The van der Waals surface area contributed by atoms with Crippen molar-refractivity contribution >= 4 is 23.2 Å². The van der Waals surface area contributed by atoms with Gasteiger partial charge in [-0.2, -0.15) is 0 Å². The minimum Gasteiger partial charge on any atom is -0.377 e. The van der Waals surface area contributed by atoms with Crippen molar-refractivity contribution in [2.24, 2.45) is 0 Å². The van der Waals surface area contributed by atoms with Gasteiger partial charge in [0.1, 0.15) is 5.82 Å². The Bertz CT molecular complexity index is 784. The molecule has 5 nitrogen and oxygen atoms in total. The van der Waals surface area contributed by atoms with Crippen molar-refractivity contribution in [1.82, 2.24) is 4.90 Å². The van der Waals surface area contributed by atoms with Crippen LogP contribution in [0.1, 0.15) is 34.6 Å². The van der Waals surface area contributed by atoms with Crippen LogP contribution in [0.5, 0.6) is 0 Å². The fourth-order valence-corrected chi connectivity index (χ4v) is 2.66. The summed E-state index contributed by atoms with van der Waals surface area (Å²) in [6.45, 7) is 5.07. The summed E-state index contributed by atoms with van der Waals surface area (Å²) in [6, 6.07) is 10.5. The molecule has 2 aromatic rings. The summed E-state index contributed by atoms with van der Waals surface area (Å²) in [6.07, 6.45) is 0. The number of carbonyl (C=O) groups excluding carboxylic acids is 2. The number of anilines is 2. The molecular weight excluding hydrogens is 333 g/mol. The molecule has 0 aliphatic heterocycles. The molecule has 0 saturated carbocycles. The smallest absolute Gasteiger partial charge is 0.256 e. The molecule has 0 saturated heterocycles. The lowest BCUT2D eigenvalue weighted by atomic mass is 10.1. The van der Waals surface area contributed by atoms with Crippen LogP contribution in [0.15, 0.2) is 42.5 Å². The van der Waals surface area contributed by atoms with Gasteiger partial charge in [0.2, 0.25) is 0 Å². The molecule has 6 heteroatoms. The van der Waals surface area contributed by atoms with Gasteiger partial charge in [0, 0.05) is 44.1 Å². The number of hydrogen-bond acceptors (Lipinski definition) is 3. The molecule has 26 heavy (non-hydrogen) atoms. The van der Waals surface area contributed by atoms with Gasteiger partial charge >= 0.3 is 0 Å². The summed E-state index contributed by atoms with van der Waals surface area (Å²) in [5.41, 5.74) is 2.16. The third-order valence-corrected chi connectivity index (χ3v) is 4.12. The number of rotatable bonds is 6. The largest absolute Gasteiger partial charge is 0.377 e. The van der Waals surface area contributed by atoms with E-state index >= 15 is 0 Å². The molecule has 0 fully saturated rings. The molecule has 0 aromatic heterocycles. The van der Waals surface area contributed by atoms with Crippen LogP contribution in [-0.4, -0.2) is 43.9 Å². The molecule has 2 amide bonds. The van der Waals surface area contributed by atoms with E-state index in [1.165, 1.54) is 24.3 Å². The summed E-state index contributed by atoms with van der Waals surface area (Å²) in [4.78, 5) is 28.7. The number of nitrogens with one attached hydrogen (secondary N) is 1. The maximum Gasteiger partial charge on any atom is 0.256 e. The van der Waals surface area contributed by atoms with E-state index in [-0.39, 0.29) is 11.8 Å². The molecule has 0 spiro atoms. The van der Waals surface area contributed by atoms with Crippen LogP contribution in [-0.2, 0) is 0 Å². The van der Waals surface area contributed by atoms with E-state index < -0.39 is 5.82 Å². The second-order valence-electron chi connectivity index (χ2n) is 6.06. The first-order valence-electron chi connectivity index (χ1n) is 8.54. The highest BCUT2D eigenvalue weighted by atomic mass is 19.1. The zero-order valence-electron chi connectivity index (χ0n) is 15.5. The fourth-order valence-electron chi connectivity index (χ4n) is 2.66. The van der Waals surface area contributed by atoms with Crippen LogP contribution in [0.2, 0.25) is 0 Å². The minimum atomic E-state index is -0.399. The fraction of sp³-hybridized carbons (Fsp3) is 0.300. The zero-order chi connectivity index (χ0) is 19.3. The maximum atomic E-state index is 13.0. The van der Waals surface area contributed by atoms with E-state index in [0.717, 1.165) is 5.69 Å². The Morgan fingerprint density at radius 2 is 1.62 bits per heavy atom. The number of amides is 2. The van der Waals surface area contributed by atoms with E-state index in [2.05, 4.69) is 5.32 Å².